The lowest BCUT2D eigenvalue weighted by Crippen LogP contribution is -2.32. The minimum Gasteiger partial charge on any atom is -0.481 e. The molecule has 1 aromatic heterocycles. The lowest BCUT2D eigenvalue weighted by molar-refractivity contribution is -0.137. The fourth-order valence-electron chi connectivity index (χ4n) is 3.41. The Morgan fingerprint density at radius 1 is 1.28 bits per heavy atom. The summed E-state index contributed by atoms with van der Waals surface area (Å²) >= 11 is 0. The molecule has 6 nitrogen and oxygen atoms in total. The highest BCUT2D eigenvalue weighted by Crippen LogP contribution is 2.52. The van der Waals surface area contributed by atoms with Crippen molar-refractivity contribution in [2.45, 2.75) is 30.7 Å². The zero-order valence-corrected chi connectivity index (χ0v) is 13.1. The van der Waals surface area contributed by atoms with E-state index >= 15 is 0 Å². The zero-order chi connectivity index (χ0) is 17.8. The Kier molecular flexibility index (Phi) is 3.38. The lowest BCUT2D eigenvalue weighted by atomic mass is 9.98. The molecule has 0 saturated heterocycles. The van der Waals surface area contributed by atoms with Crippen molar-refractivity contribution in [2.75, 3.05) is 11.4 Å². The minimum absolute atomic E-state index is 0.0907. The molecule has 1 N–H and O–H groups in total. The number of nitrogens with zero attached hydrogens (tertiary/aromatic N) is 3. The van der Waals surface area contributed by atoms with E-state index in [2.05, 4.69) is 5.10 Å². The molecule has 1 aliphatic heterocycles. The Morgan fingerprint density at radius 3 is 2.68 bits per heavy atom. The maximum Gasteiger partial charge on any atom is 0.304 e. The van der Waals surface area contributed by atoms with Crippen molar-refractivity contribution in [1.29, 1.82) is 0 Å². The minimum atomic E-state index is -2.84. The molecule has 1 fully saturated rings. The summed E-state index contributed by atoms with van der Waals surface area (Å²) < 4.78 is 27.8. The molecule has 1 aromatic carbocycles. The number of hydrogen-bond donors (Lipinski definition) is 1. The van der Waals surface area contributed by atoms with Crippen LogP contribution in [0.3, 0.4) is 0 Å². The second kappa shape index (κ2) is 5.37. The maximum atomic E-state index is 13.4. The number of rotatable bonds is 4. The summed E-state index contributed by atoms with van der Waals surface area (Å²) in [5, 5.41) is 13.0. The lowest BCUT2D eigenvalue weighted by Gasteiger charge is -2.18. The summed E-state index contributed by atoms with van der Waals surface area (Å²) in [5.74, 6) is -4.55. The number of hydrogen-bond acceptors (Lipinski definition) is 3. The van der Waals surface area contributed by atoms with Gasteiger partial charge in [-0.15, -0.1) is 0 Å². The van der Waals surface area contributed by atoms with Crippen LogP contribution in [0.4, 0.5) is 14.5 Å². The van der Waals surface area contributed by atoms with Crippen LogP contribution in [-0.2, 0) is 4.79 Å². The predicted octanol–water partition coefficient (Wildman–Crippen LogP) is 2.68. The number of benzene rings is 1. The number of alkyl halides is 2. The van der Waals surface area contributed by atoms with E-state index < -0.39 is 23.8 Å². The van der Waals surface area contributed by atoms with E-state index in [1.165, 1.54) is 17.2 Å². The predicted molar refractivity (Wildman–Crippen MR) is 83.9 cm³/mol. The van der Waals surface area contributed by atoms with E-state index in [1.54, 1.807) is 24.3 Å². The average molecular weight is 347 g/mol. The smallest absolute Gasteiger partial charge is 0.304 e. The van der Waals surface area contributed by atoms with Gasteiger partial charge in [-0.25, -0.2) is 8.78 Å². The number of halogens is 2. The summed E-state index contributed by atoms with van der Waals surface area (Å²) in [5.41, 5.74) is 1.49. The highest BCUT2D eigenvalue weighted by molar-refractivity contribution is 6.06. The quantitative estimate of drug-likeness (QED) is 0.923. The van der Waals surface area contributed by atoms with E-state index in [0.29, 0.717) is 5.69 Å². The second-order valence-electron chi connectivity index (χ2n) is 6.41. The molecule has 4 rings (SSSR count). The normalized spacial score (nSPS) is 23.4. The van der Waals surface area contributed by atoms with E-state index in [4.69, 9.17) is 5.11 Å². The average Bonchev–Trinajstić information content (AvgIpc) is 2.94. The third-order valence-corrected chi connectivity index (χ3v) is 4.71. The largest absolute Gasteiger partial charge is 0.481 e. The topological polar surface area (TPSA) is 75.4 Å². The first-order valence-electron chi connectivity index (χ1n) is 7.92. The van der Waals surface area contributed by atoms with E-state index in [1.807, 2.05) is 0 Å². The van der Waals surface area contributed by atoms with Crippen LogP contribution < -0.4 is 4.90 Å². The Bertz CT molecular complexity index is 864. The molecule has 1 saturated carbocycles. The van der Waals surface area contributed by atoms with Crippen LogP contribution in [0.25, 0.3) is 0 Å². The zero-order valence-electron chi connectivity index (χ0n) is 13.1. The first-order chi connectivity index (χ1) is 11.9. The molecule has 2 atom stereocenters. The van der Waals surface area contributed by atoms with Gasteiger partial charge in [0.15, 0.2) is 0 Å². The number of aliphatic carboxylic acids is 1. The van der Waals surface area contributed by atoms with Crippen molar-refractivity contribution in [2.24, 2.45) is 0 Å². The van der Waals surface area contributed by atoms with Gasteiger partial charge in [0.05, 0.1) is 6.42 Å². The molecule has 0 bridgehead atoms. The maximum absolute atomic E-state index is 13.4. The highest BCUT2D eigenvalue weighted by atomic mass is 19.3. The van der Waals surface area contributed by atoms with Crippen LogP contribution >= 0.6 is 0 Å². The highest BCUT2D eigenvalue weighted by Gasteiger charge is 2.60. The number of aromatic nitrogens is 2. The van der Waals surface area contributed by atoms with Gasteiger partial charge in [0.2, 0.25) is 0 Å². The number of carbonyl (C=O) groups is 2. The van der Waals surface area contributed by atoms with E-state index in [0.717, 1.165) is 10.2 Å². The van der Waals surface area contributed by atoms with Crippen LogP contribution in [0.5, 0.6) is 0 Å². The number of carboxylic acids is 1. The summed E-state index contributed by atoms with van der Waals surface area (Å²) in [7, 11) is 0. The number of para-hydroxylation sites is 1. The van der Waals surface area contributed by atoms with Gasteiger partial charge in [-0.3, -0.25) is 14.3 Å². The SMILES string of the molecule is O=C(O)CC1CN(C(=O)c2ccnn2C2CC2(F)F)c2ccccc21. The molecule has 1 amide bonds. The Labute approximate surface area is 141 Å². The molecule has 0 radical (unpaired) electrons. The number of fused-ring (bicyclic) bond motifs is 1. The summed E-state index contributed by atoms with van der Waals surface area (Å²) in [4.78, 5) is 25.5. The Morgan fingerprint density at radius 2 is 2.00 bits per heavy atom. The van der Waals surface area contributed by atoms with Gasteiger partial charge in [0.25, 0.3) is 11.8 Å². The second-order valence-corrected chi connectivity index (χ2v) is 6.41. The van der Waals surface area contributed by atoms with Crippen molar-refractivity contribution in [1.82, 2.24) is 9.78 Å². The van der Waals surface area contributed by atoms with Crippen LogP contribution in [0.15, 0.2) is 36.5 Å². The monoisotopic (exact) mass is 347 g/mol. The van der Waals surface area contributed by atoms with Gasteiger partial charge in [-0.05, 0) is 17.7 Å². The molecule has 1 aliphatic carbocycles. The molecule has 2 aromatic rings. The van der Waals surface area contributed by atoms with Gasteiger partial charge >= 0.3 is 5.97 Å². The van der Waals surface area contributed by atoms with Gasteiger partial charge in [0, 0.05) is 30.8 Å². The fraction of sp³-hybridized carbons (Fsp3) is 0.353. The van der Waals surface area contributed by atoms with Gasteiger partial charge in [0.1, 0.15) is 11.7 Å². The fourth-order valence-corrected chi connectivity index (χ4v) is 3.41. The molecule has 0 spiro atoms. The molecular formula is C17H15F2N3O3. The summed E-state index contributed by atoms with van der Waals surface area (Å²) in [6, 6.07) is 7.41. The first-order valence-corrected chi connectivity index (χ1v) is 7.92. The molecule has 25 heavy (non-hydrogen) atoms. The van der Waals surface area contributed by atoms with Gasteiger partial charge in [-0.2, -0.15) is 5.10 Å². The molecule has 130 valence electrons. The molecule has 2 heterocycles. The summed E-state index contributed by atoms with van der Waals surface area (Å²) in [6.07, 6.45) is 0.909. The number of amides is 1. The Hall–Kier alpha value is -2.77. The number of carboxylic acid groups (broad SMARTS) is 1. The van der Waals surface area contributed by atoms with E-state index in [-0.39, 0.29) is 31.0 Å². The van der Waals surface area contributed by atoms with Crippen molar-refractivity contribution in [3.05, 3.63) is 47.8 Å². The summed E-state index contributed by atoms with van der Waals surface area (Å²) in [6.45, 7) is 0.205. The van der Waals surface area contributed by atoms with Crippen molar-refractivity contribution in [3.63, 3.8) is 0 Å². The van der Waals surface area contributed by atoms with Crippen LogP contribution in [0.2, 0.25) is 0 Å². The Balaban J connectivity index is 1.66. The number of anilines is 1. The van der Waals surface area contributed by atoms with Crippen molar-refractivity contribution < 1.29 is 23.5 Å². The van der Waals surface area contributed by atoms with Gasteiger partial charge < -0.3 is 10.0 Å². The van der Waals surface area contributed by atoms with Gasteiger partial charge in [-0.1, -0.05) is 18.2 Å². The first kappa shape index (κ1) is 15.7. The molecule has 8 heteroatoms. The van der Waals surface area contributed by atoms with E-state index in [9.17, 15) is 18.4 Å². The third-order valence-electron chi connectivity index (χ3n) is 4.71. The van der Waals surface area contributed by atoms with Crippen molar-refractivity contribution >= 4 is 17.6 Å². The van der Waals surface area contributed by atoms with Crippen LogP contribution in [0, 0.1) is 0 Å². The standard InChI is InChI=1S/C17H15F2N3O3/c18-17(19)8-14(17)22-13(5-6-20-22)16(25)21-9-10(7-15(23)24)11-3-1-2-4-12(11)21/h1-6,10,14H,7-9H2,(H,23,24). The molecule has 2 unspecified atom stereocenters. The third kappa shape index (κ3) is 2.57. The number of carbonyl (C=O) groups excluding carboxylic acids is 1. The van der Waals surface area contributed by atoms with Crippen LogP contribution in [-0.4, -0.2) is 39.2 Å². The molecule has 2 aliphatic rings. The molecular weight excluding hydrogens is 332 g/mol. The van der Waals surface area contributed by atoms with Crippen LogP contribution in [0.1, 0.15) is 40.9 Å². The van der Waals surface area contributed by atoms with Crippen molar-refractivity contribution in [3.8, 4) is 0 Å².